The van der Waals surface area contributed by atoms with Crippen molar-refractivity contribution in [2.45, 2.75) is 25.8 Å². The van der Waals surface area contributed by atoms with Crippen molar-refractivity contribution in [1.29, 1.82) is 0 Å². The van der Waals surface area contributed by atoms with Crippen molar-refractivity contribution in [2.24, 2.45) is 0 Å². The third kappa shape index (κ3) is 3.20. The van der Waals surface area contributed by atoms with Gasteiger partial charge in [-0.2, -0.15) is 11.3 Å². The first-order chi connectivity index (χ1) is 7.27. The van der Waals surface area contributed by atoms with Crippen LogP contribution in [0.1, 0.15) is 28.8 Å². The molecule has 1 saturated heterocycles. The molecule has 0 radical (unpaired) electrons. The van der Waals surface area contributed by atoms with Gasteiger partial charge < -0.3 is 10.6 Å². The summed E-state index contributed by atoms with van der Waals surface area (Å²) in [6.45, 7) is 3.95. The van der Waals surface area contributed by atoms with Crippen LogP contribution in [0.5, 0.6) is 0 Å². The van der Waals surface area contributed by atoms with Crippen molar-refractivity contribution >= 4 is 29.7 Å². The molecule has 0 unspecified atom stereocenters. The molecule has 1 fully saturated rings. The third-order valence-electron chi connectivity index (χ3n) is 2.73. The number of piperidine rings is 1. The summed E-state index contributed by atoms with van der Waals surface area (Å²) < 4.78 is 0. The van der Waals surface area contributed by atoms with Crippen molar-refractivity contribution in [3.63, 3.8) is 0 Å². The molecule has 5 heteroatoms. The fourth-order valence-corrected chi connectivity index (χ4v) is 2.66. The zero-order valence-electron chi connectivity index (χ0n) is 9.29. The van der Waals surface area contributed by atoms with Gasteiger partial charge in [0.25, 0.3) is 5.91 Å². The minimum Gasteiger partial charge on any atom is -0.348 e. The molecule has 0 bridgehead atoms. The van der Waals surface area contributed by atoms with Gasteiger partial charge in [-0.05, 0) is 37.3 Å². The van der Waals surface area contributed by atoms with Gasteiger partial charge in [-0.15, -0.1) is 12.4 Å². The fraction of sp³-hybridized carbons (Fsp3) is 0.545. The van der Waals surface area contributed by atoms with Gasteiger partial charge in [0.05, 0.1) is 5.56 Å². The quantitative estimate of drug-likeness (QED) is 0.854. The third-order valence-corrected chi connectivity index (χ3v) is 3.59. The normalized spacial score (nSPS) is 19.9. The smallest absolute Gasteiger partial charge is 0.252 e. The van der Waals surface area contributed by atoms with Crippen LogP contribution in [0.3, 0.4) is 0 Å². The first-order valence-corrected chi connectivity index (χ1v) is 6.26. The highest BCUT2D eigenvalue weighted by atomic mass is 35.5. The minimum absolute atomic E-state index is 0. The number of hydrogen-bond donors (Lipinski definition) is 2. The Balaban J connectivity index is 0.00000128. The van der Waals surface area contributed by atoms with Crippen molar-refractivity contribution in [3.8, 4) is 0 Å². The van der Waals surface area contributed by atoms with Crippen molar-refractivity contribution in [3.05, 3.63) is 21.9 Å². The van der Waals surface area contributed by atoms with Crippen LogP contribution in [-0.4, -0.2) is 25.0 Å². The van der Waals surface area contributed by atoms with Gasteiger partial charge in [0, 0.05) is 18.0 Å². The van der Waals surface area contributed by atoms with E-state index >= 15 is 0 Å². The highest BCUT2D eigenvalue weighted by molar-refractivity contribution is 7.08. The first-order valence-electron chi connectivity index (χ1n) is 5.32. The maximum Gasteiger partial charge on any atom is 0.252 e. The number of carbonyl (C=O) groups is 1. The summed E-state index contributed by atoms with van der Waals surface area (Å²) in [6, 6.07) is 0.297. The molecule has 1 aliphatic rings. The molecule has 2 rings (SSSR count). The van der Waals surface area contributed by atoms with Gasteiger partial charge >= 0.3 is 0 Å². The second-order valence-electron chi connectivity index (χ2n) is 3.99. The lowest BCUT2D eigenvalue weighted by atomic mass is 10.1. The van der Waals surface area contributed by atoms with Gasteiger partial charge in [0.2, 0.25) is 0 Å². The molecule has 0 aromatic carbocycles. The summed E-state index contributed by atoms with van der Waals surface area (Å²) in [7, 11) is 0. The number of hydrogen-bond acceptors (Lipinski definition) is 3. The fourth-order valence-electron chi connectivity index (χ4n) is 1.83. The Labute approximate surface area is 106 Å². The van der Waals surface area contributed by atoms with Gasteiger partial charge in [-0.1, -0.05) is 0 Å². The summed E-state index contributed by atoms with van der Waals surface area (Å²) in [6.07, 6.45) is 2.23. The predicted molar refractivity (Wildman–Crippen MR) is 69.7 cm³/mol. The monoisotopic (exact) mass is 260 g/mol. The number of rotatable bonds is 2. The van der Waals surface area contributed by atoms with E-state index in [9.17, 15) is 4.79 Å². The number of carbonyl (C=O) groups excluding carboxylic acids is 1. The molecule has 3 nitrogen and oxygen atoms in total. The summed E-state index contributed by atoms with van der Waals surface area (Å²) in [4.78, 5) is 11.9. The van der Waals surface area contributed by atoms with Crippen LogP contribution in [-0.2, 0) is 0 Å². The highest BCUT2D eigenvalue weighted by Crippen LogP contribution is 2.14. The number of thiophene rings is 1. The molecule has 0 spiro atoms. The Morgan fingerprint density at radius 2 is 2.38 bits per heavy atom. The van der Waals surface area contributed by atoms with Crippen LogP contribution >= 0.6 is 23.7 Å². The zero-order chi connectivity index (χ0) is 10.7. The van der Waals surface area contributed by atoms with E-state index in [0.717, 1.165) is 37.1 Å². The Bertz CT molecular complexity index is 348. The molecule has 2 N–H and O–H groups in total. The molecule has 1 amide bonds. The van der Waals surface area contributed by atoms with E-state index in [1.54, 1.807) is 11.3 Å². The maximum absolute atomic E-state index is 11.9. The van der Waals surface area contributed by atoms with E-state index in [-0.39, 0.29) is 18.3 Å². The lowest BCUT2D eigenvalue weighted by molar-refractivity contribution is 0.0930. The van der Waals surface area contributed by atoms with Crippen molar-refractivity contribution in [1.82, 2.24) is 10.6 Å². The number of amides is 1. The molecule has 16 heavy (non-hydrogen) atoms. The molecule has 1 aromatic heterocycles. The lowest BCUT2D eigenvalue weighted by Crippen LogP contribution is -2.45. The molecule has 1 atom stereocenters. The van der Waals surface area contributed by atoms with Gasteiger partial charge in [-0.25, -0.2) is 0 Å². The molecule has 0 saturated carbocycles. The summed E-state index contributed by atoms with van der Waals surface area (Å²) >= 11 is 1.58. The van der Waals surface area contributed by atoms with Crippen molar-refractivity contribution < 1.29 is 4.79 Å². The SMILES string of the molecule is Cc1cscc1C(=O)N[C@@H]1CCCNC1.Cl. The predicted octanol–water partition coefficient (Wildman–Crippen LogP) is 1.96. The molecule has 1 aromatic rings. The number of aryl methyl sites for hydroxylation is 1. The Morgan fingerprint density at radius 3 is 2.94 bits per heavy atom. The van der Waals surface area contributed by atoms with Gasteiger partial charge in [0.1, 0.15) is 0 Å². The Morgan fingerprint density at radius 1 is 1.56 bits per heavy atom. The van der Waals surface area contributed by atoms with Gasteiger partial charge in [0.15, 0.2) is 0 Å². The van der Waals surface area contributed by atoms with Crippen LogP contribution in [0.25, 0.3) is 0 Å². The summed E-state index contributed by atoms with van der Waals surface area (Å²) in [5.74, 6) is 0.0717. The van der Waals surface area contributed by atoms with Crippen LogP contribution in [0, 0.1) is 6.92 Å². The number of halogens is 1. The highest BCUT2D eigenvalue weighted by Gasteiger charge is 2.17. The Kier molecular flexibility index (Phi) is 5.25. The lowest BCUT2D eigenvalue weighted by Gasteiger charge is -2.23. The maximum atomic E-state index is 11.9. The second-order valence-corrected chi connectivity index (χ2v) is 4.73. The molecule has 90 valence electrons. The molecular weight excluding hydrogens is 244 g/mol. The van der Waals surface area contributed by atoms with E-state index in [1.807, 2.05) is 17.7 Å². The zero-order valence-corrected chi connectivity index (χ0v) is 10.9. The first kappa shape index (κ1) is 13.5. The van der Waals surface area contributed by atoms with E-state index in [0.29, 0.717) is 6.04 Å². The average molecular weight is 261 g/mol. The largest absolute Gasteiger partial charge is 0.348 e. The molecule has 1 aliphatic heterocycles. The van der Waals surface area contributed by atoms with Crippen LogP contribution in [0.15, 0.2) is 10.8 Å². The minimum atomic E-state index is 0. The molecule has 0 aliphatic carbocycles. The van der Waals surface area contributed by atoms with Crippen LogP contribution in [0.2, 0.25) is 0 Å². The van der Waals surface area contributed by atoms with E-state index in [2.05, 4.69) is 10.6 Å². The topological polar surface area (TPSA) is 41.1 Å². The van der Waals surface area contributed by atoms with E-state index in [1.165, 1.54) is 0 Å². The van der Waals surface area contributed by atoms with Crippen LogP contribution in [0.4, 0.5) is 0 Å². The van der Waals surface area contributed by atoms with Gasteiger partial charge in [-0.3, -0.25) is 4.79 Å². The number of nitrogens with one attached hydrogen (secondary N) is 2. The summed E-state index contributed by atoms with van der Waals surface area (Å²) in [5.41, 5.74) is 1.90. The summed E-state index contributed by atoms with van der Waals surface area (Å²) in [5, 5.41) is 10.3. The van der Waals surface area contributed by atoms with E-state index in [4.69, 9.17) is 0 Å². The standard InChI is InChI=1S/C11H16N2OS.ClH/c1-8-6-15-7-10(8)11(14)13-9-3-2-4-12-5-9;/h6-7,9,12H,2-5H2,1H3,(H,13,14);1H/t9-;/m1./s1. The van der Waals surface area contributed by atoms with E-state index < -0.39 is 0 Å². The molecule has 2 heterocycles. The Hall–Kier alpha value is -0.580. The average Bonchev–Trinajstić information content (AvgIpc) is 2.66. The van der Waals surface area contributed by atoms with Crippen LogP contribution < -0.4 is 10.6 Å². The second kappa shape index (κ2) is 6.23. The van der Waals surface area contributed by atoms with Crippen molar-refractivity contribution in [2.75, 3.05) is 13.1 Å². The molecular formula is C11H17ClN2OS.